The van der Waals surface area contributed by atoms with Crippen molar-refractivity contribution < 1.29 is 14.3 Å². The smallest absolute Gasteiger partial charge is 0.259 e. The molecule has 1 atom stereocenters. The van der Waals surface area contributed by atoms with E-state index in [-0.39, 0.29) is 17.9 Å². The average Bonchev–Trinajstić information content (AvgIpc) is 2.55. The van der Waals surface area contributed by atoms with E-state index < -0.39 is 0 Å². The normalized spacial score (nSPS) is 15.4. The van der Waals surface area contributed by atoms with Gasteiger partial charge in [0.25, 0.3) is 11.8 Å². The highest BCUT2D eigenvalue weighted by Crippen LogP contribution is 2.20. The molecule has 0 spiro atoms. The summed E-state index contributed by atoms with van der Waals surface area (Å²) in [6.45, 7) is 2.55. The maximum Gasteiger partial charge on any atom is 0.259 e. The second-order valence-corrected chi connectivity index (χ2v) is 4.04. The van der Waals surface area contributed by atoms with Crippen molar-refractivity contribution in [1.82, 2.24) is 5.32 Å². The molecule has 5 heteroatoms. The van der Waals surface area contributed by atoms with E-state index in [1.807, 2.05) is 6.92 Å². The molecule has 2 N–H and O–H groups in total. The number of hydrogen-bond donors (Lipinski definition) is 2. The first kappa shape index (κ1) is 11.6. The van der Waals surface area contributed by atoms with Gasteiger partial charge in [-0.15, -0.1) is 0 Å². The van der Waals surface area contributed by atoms with Crippen molar-refractivity contribution in [3.63, 3.8) is 0 Å². The second-order valence-electron chi connectivity index (χ2n) is 4.04. The zero-order valence-electron chi connectivity index (χ0n) is 9.74. The SMILES string of the molecule is COCC(C)Nc1ccc2c(c1)C(=O)NC2=O. The van der Waals surface area contributed by atoms with Crippen LogP contribution in [0.15, 0.2) is 18.2 Å². The molecule has 0 saturated carbocycles. The second kappa shape index (κ2) is 4.55. The molecule has 0 radical (unpaired) electrons. The Morgan fingerprint density at radius 1 is 1.29 bits per heavy atom. The van der Waals surface area contributed by atoms with Crippen LogP contribution in [0, 0.1) is 0 Å². The molecule has 0 bridgehead atoms. The summed E-state index contributed by atoms with van der Waals surface area (Å²) in [5.74, 6) is -0.672. The van der Waals surface area contributed by atoms with Crippen molar-refractivity contribution in [2.45, 2.75) is 13.0 Å². The van der Waals surface area contributed by atoms with Gasteiger partial charge in [0.2, 0.25) is 0 Å². The maximum atomic E-state index is 11.5. The molecule has 1 aromatic carbocycles. The summed E-state index contributed by atoms with van der Waals surface area (Å²) in [6.07, 6.45) is 0. The van der Waals surface area contributed by atoms with Crippen LogP contribution in [0.2, 0.25) is 0 Å². The summed E-state index contributed by atoms with van der Waals surface area (Å²) >= 11 is 0. The number of benzene rings is 1. The van der Waals surface area contributed by atoms with Gasteiger partial charge in [0, 0.05) is 18.8 Å². The fourth-order valence-corrected chi connectivity index (χ4v) is 1.83. The number of rotatable bonds is 4. The zero-order chi connectivity index (χ0) is 12.4. The quantitative estimate of drug-likeness (QED) is 0.763. The number of amides is 2. The molecular weight excluding hydrogens is 220 g/mol. The van der Waals surface area contributed by atoms with Crippen LogP contribution in [0.5, 0.6) is 0 Å². The standard InChI is InChI=1S/C12H14N2O3/c1-7(6-17-2)13-8-3-4-9-10(5-8)12(16)14-11(9)15/h3-5,7,13H,6H2,1-2H3,(H,14,15,16). The first-order valence-electron chi connectivity index (χ1n) is 5.37. The van der Waals surface area contributed by atoms with Crippen LogP contribution >= 0.6 is 0 Å². The lowest BCUT2D eigenvalue weighted by Crippen LogP contribution is -2.21. The molecule has 1 unspecified atom stereocenters. The Kier molecular flexibility index (Phi) is 3.10. The average molecular weight is 234 g/mol. The Bertz CT molecular complexity index is 471. The molecule has 0 saturated heterocycles. The third kappa shape index (κ3) is 2.29. The summed E-state index contributed by atoms with van der Waals surface area (Å²) in [5.41, 5.74) is 1.66. The minimum absolute atomic E-state index is 0.137. The van der Waals surface area contributed by atoms with Gasteiger partial charge in [-0.3, -0.25) is 14.9 Å². The Hall–Kier alpha value is -1.88. The highest BCUT2D eigenvalue weighted by molar-refractivity contribution is 6.21. The molecule has 0 fully saturated rings. The third-order valence-corrected chi connectivity index (χ3v) is 2.57. The largest absolute Gasteiger partial charge is 0.383 e. The van der Waals surface area contributed by atoms with Crippen molar-refractivity contribution in [3.05, 3.63) is 29.3 Å². The van der Waals surface area contributed by atoms with E-state index in [4.69, 9.17) is 4.74 Å². The lowest BCUT2D eigenvalue weighted by Gasteiger charge is -2.14. The molecule has 17 heavy (non-hydrogen) atoms. The molecule has 1 aliphatic rings. The summed E-state index contributed by atoms with van der Waals surface area (Å²) in [7, 11) is 1.63. The number of imide groups is 1. The van der Waals surface area contributed by atoms with E-state index in [0.717, 1.165) is 5.69 Å². The van der Waals surface area contributed by atoms with E-state index in [9.17, 15) is 9.59 Å². The van der Waals surface area contributed by atoms with Gasteiger partial charge < -0.3 is 10.1 Å². The van der Waals surface area contributed by atoms with Gasteiger partial charge in [-0.2, -0.15) is 0 Å². The number of methoxy groups -OCH3 is 1. The number of anilines is 1. The minimum atomic E-state index is -0.340. The van der Waals surface area contributed by atoms with Gasteiger partial charge in [-0.05, 0) is 25.1 Å². The van der Waals surface area contributed by atoms with E-state index in [1.54, 1.807) is 25.3 Å². The van der Waals surface area contributed by atoms with Gasteiger partial charge in [0.15, 0.2) is 0 Å². The molecule has 5 nitrogen and oxygen atoms in total. The maximum absolute atomic E-state index is 11.5. The fraction of sp³-hybridized carbons (Fsp3) is 0.333. The van der Waals surface area contributed by atoms with Crippen molar-refractivity contribution in [1.29, 1.82) is 0 Å². The van der Waals surface area contributed by atoms with Crippen molar-refractivity contribution >= 4 is 17.5 Å². The van der Waals surface area contributed by atoms with Crippen LogP contribution in [0.3, 0.4) is 0 Å². The lowest BCUT2D eigenvalue weighted by atomic mass is 10.1. The van der Waals surface area contributed by atoms with Gasteiger partial charge in [0.1, 0.15) is 0 Å². The van der Waals surface area contributed by atoms with E-state index in [1.165, 1.54) is 0 Å². The molecule has 1 heterocycles. The van der Waals surface area contributed by atoms with Crippen molar-refractivity contribution in [3.8, 4) is 0 Å². The predicted octanol–water partition coefficient (Wildman–Crippen LogP) is 1.02. The van der Waals surface area contributed by atoms with Crippen LogP contribution < -0.4 is 10.6 Å². The Morgan fingerprint density at radius 2 is 2.00 bits per heavy atom. The van der Waals surface area contributed by atoms with Crippen LogP contribution in [-0.4, -0.2) is 31.6 Å². The molecule has 0 aromatic heterocycles. The molecule has 1 aliphatic heterocycles. The first-order valence-corrected chi connectivity index (χ1v) is 5.37. The highest BCUT2D eigenvalue weighted by Gasteiger charge is 2.26. The number of nitrogens with one attached hydrogen (secondary N) is 2. The van der Waals surface area contributed by atoms with Crippen LogP contribution in [0.4, 0.5) is 5.69 Å². The molecule has 90 valence electrons. The lowest BCUT2D eigenvalue weighted by molar-refractivity contribution is 0.0879. The third-order valence-electron chi connectivity index (χ3n) is 2.57. The van der Waals surface area contributed by atoms with Gasteiger partial charge in [0.05, 0.1) is 17.7 Å². The zero-order valence-corrected chi connectivity index (χ0v) is 9.74. The molecule has 1 aromatic rings. The van der Waals surface area contributed by atoms with Crippen molar-refractivity contribution in [2.75, 3.05) is 19.0 Å². The first-order chi connectivity index (χ1) is 8.11. The van der Waals surface area contributed by atoms with Gasteiger partial charge >= 0.3 is 0 Å². The van der Waals surface area contributed by atoms with Crippen molar-refractivity contribution in [2.24, 2.45) is 0 Å². The number of hydrogen-bond acceptors (Lipinski definition) is 4. The number of carbonyl (C=O) groups excluding carboxylic acids is 2. The molecule has 2 rings (SSSR count). The minimum Gasteiger partial charge on any atom is -0.383 e. The van der Waals surface area contributed by atoms with E-state index >= 15 is 0 Å². The van der Waals surface area contributed by atoms with Crippen LogP contribution in [0.1, 0.15) is 27.6 Å². The topological polar surface area (TPSA) is 67.4 Å². The Morgan fingerprint density at radius 3 is 2.71 bits per heavy atom. The summed E-state index contributed by atoms with van der Waals surface area (Å²) in [5, 5.41) is 5.45. The van der Waals surface area contributed by atoms with Gasteiger partial charge in [-0.25, -0.2) is 0 Å². The van der Waals surface area contributed by atoms with E-state index in [0.29, 0.717) is 17.7 Å². The Labute approximate surface area is 99.2 Å². The molecule has 0 aliphatic carbocycles. The van der Waals surface area contributed by atoms with Crippen LogP contribution in [-0.2, 0) is 4.74 Å². The fourth-order valence-electron chi connectivity index (χ4n) is 1.83. The Balaban J connectivity index is 2.20. The predicted molar refractivity (Wildman–Crippen MR) is 63.2 cm³/mol. The number of carbonyl (C=O) groups is 2. The number of ether oxygens (including phenoxy) is 1. The number of fused-ring (bicyclic) bond motifs is 1. The molecule has 2 amide bonds. The summed E-state index contributed by atoms with van der Waals surface area (Å²) < 4.78 is 5.01. The monoisotopic (exact) mass is 234 g/mol. The highest BCUT2D eigenvalue weighted by atomic mass is 16.5. The van der Waals surface area contributed by atoms with Gasteiger partial charge in [-0.1, -0.05) is 0 Å². The molecular formula is C12H14N2O3. The summed E-state index contributed by atoms with van der Waals surface area (Å²) in [6, 6.07) is 5.25. The van der Waals surface area contributed by atoms with E-state index in [2.05, 4.69) is 10.6 Å². The van der Waals surface area contributed by atoms with Crippen LogP contribution in [0.25, 0.3) is 0 Å². The summed E-state index contributed by atoms with van der Waals surface area (Å²) in [4.78, 5) is 22.8.